The third-order valence-electron chi connectivity index (χ3n) is 6.95. The van der Waals surface area contributed by atoms with E-state index in [9.17, 15) is 4.79 Å². The molecule has 4 rings (SSSR count). The van der Waals surface area contributed by atoms with E-state index in [1.807, 2.05) is 12.3 Å². The summed E-state index contributed by atoms with van der Waals surface area (Å²) in [4.78, 5) is 22.5. The standard InChI is InChI=1S/C22H33N3O2/c1-18-4-2-10-23-20(18)17-24-11-3-7-22(8-12-24)9-13-25(21(22)26)16-19-5-14-27-15-6-19/h2,4,10,19H,3,5-9,11-17H2,1H3. The van der Waals surface area contributed by atoms with E-state index >= 15 is 0 Å². The molecule has 5 heteroatoms. The molecule has 0 aliphatic carbocycles. The second-order valence-electron chi connectivity index (χ2n) is 8.73. The summed E-state index contributed by atoms with van der Waals surface area (Å²) in [5.41, 5.74) is 2.34. The van der Waals surface area contributed by atoms with Crippen LogP contribution < -0.4 is 0 Å². The molecule has 1 aromatic heterocycles. The zero-order valence-electron chi connectivity index (χ0n) is 16.7. The molecule has 0 N–H and O–H groups in total. The fourth-order valence-electron chi connectivity index (χ4n) is 5.08. The Bertz CT molecular complexity index is 659. The van der Waals surface area contributed by atoms with Crippen LogP contribution in [-0.2, 0) is 16.1 Å². The SMILES string of the molecule is Cc1cccnc1CN1CCCC2(CC1)CCN(CC1CCOCC1)C2=O. The molecule has 0 bridgehead atoms. The van der Waals surface area contributed by atoms with Gasteiger partial charge in [-0.3, -0.25) is 14.7 Å². The van der Waals surface area contributed by atoms with Crippen LogP contribution in [0.1, 0.15) is 49.8 Å². The zero-order valence-corrected chi connectivity index (χ0v) is 16.7. The molecule has 1 atom stereocenters. The molecule has 1 aromatic rings. The van der Waals surface area contributed by atoms with Gasteiger partial charge in [-0.15, -0.1) is 0 Å². The zero-order chi connectivity index (χ0) is 18.7. The summed E-state index contributed by atoms with van der Waals surface area (Å²) in [5, 5.41) is 0. The summed E-state index contributed by atoms with van der Waals surface area (Å²) in [6.45, 7) is 8.74. The van der Waals surface area contributed by atoms with Gasteiger partial charge in [0.1, 0.15) is 0 Å². The normalized spacial score (nSPS) is 28.0. The average Bonchev–Trinajstić information content (AvgIpc) is 2.86. The number of ether oxygens (including phenoxy) is 1. The highest BCUT2D eigenvalue weighted by atomic mass is 16.5. The Balaban J connectivity index is 1.35. The molecule has 0 radical (unpaired) electrons. The summed E-state index contributed by atoms with van der Waals surface area (Å²) in [6, 6.07) is 4.14. The number of pyridine rings is 1. The van der Waals surface area contributed by atoms with Crippen LogP contribution in [-0.4, -0.2) is 60.1 Å². The maximum atomic E-state index is 13.3. The van der Waals surface area contributed by atoms with E-state index in [4.69, 9.17) is 4.74 Å². The number of likely N-dealkylation sites (tertiary alicyclic amines) is 2. The van der Waals surface area contributed by atoms with Gasteiger partial charge in [-0.2, -0.15) is 0 Å². The number of hydrogen-bond acceptors (Lipinski definition) is 4. The lowest BCUT2D eigenvalue weighted by atomic mass is 9.79. The Morgan fingerprint density at radius 2 is 2.00 bits per heavy atom. The number of carbonyl (C=O) groups is 1. The Morgan fingerprint density at radius 1 is 1.19 bits per heavy atom. The van der Waals surface area contributed by atoms with Crippen LogP contribution >= 0.6 is 0 Å². The van der Waals surface area contributed by atoms with Crippen molar-refractivity contribution in [2.24, 2.45) is 11.3 Å². The first-order chi connectivity index (χ1) is 13.2. The number of hydrogen-bond donors (Lipinski definition) is 0. The van der Waals surface area contributed by atoms with Crippen molar-refractivity contribution in [3.8, 4) is 0 Å². The minimum Gasteiger partial charge on any atom is -0.381 e. The van der Waals surface area contributed by atoms with Gasteiger partial charge in [-0.25, -0.2) is 0 Å². The van der Waals surface area contributed by atoms with Gasteiger partial charge in [-0.1, -0.05) is 6.07 Å². The Morgan fingerprint density at radius 3 is 2.81 bits per heavy atom. The van der Waals surface area contributed by atoms with Crippen molar-refractivity contribution < 1.29 is 9.53 Å². The molecule has 3 aliphatic rings. The van der Waals surface area contributed by atoms with E-state index in [1.54, 1.807) is 0 Å². The highest BCUT2D eigenvalue weighted by Crippen LogP contribution is 2.42. The van der Waals surface area contributed by atoms with Crippen molar-refractivity contribution in [3.05, 3.63) is 29.6 Å². The van der Waals surface area contributed by atoms with E-state index in [1.165, 1.54) is 11.3 Å². The van der Waals surface area contributed by atoms with Crippen LogP contribution in [0.2, 0.25) is 0 Å². The van der Waals surface area contributed by atoms with Crippen molar-refractivity contribution in [1.29, 1.82) is 0 Å². The fourth-order valence-corrected chi connectivity index (χ4v) is 5.08. The molecule has 1 amide bonds. The lowest BCUT2D eigenvalue weighted by molar-refractivity contribution is -0.137. The van der Waals surface area contributed by atoms with Gasteiger partial charge in [0.15, 0.2) is 0 Å². The van der Waals surface area contributed by atoms with Crippen molar-refractivity contribution in [2.45, 2.75) is 52.0 Å². The second kappa shape index (κ2) is 8.27. The quantitative estimate of drug-likeness (QED) is 0.816. The molecule has 27 heavy (non-hydrogen) atoms. The van der Waals surface area contributed by atoms with E-state index in [-0.39, 0.29) is 5.41 Å². The molecule has 1 unspecified atom stereocenters. The van der Waals surface area contributed by atoms with E-state index < -0.39 is 0 Å². The number of rotatable bonds is 4. The third kappa shape index (κ3) is 4.19. The summed E-state index contributed by atoms with van der Waals surface area (Å²) >= 11 is 0. The Labute approximate surface area is 163 Å². The average molecular weight is 372 g/mol. The largest absolute Gasteiger partial charge is 0.381 e. The molecular weight excluding hydrogens is 338 g/mol. The molecule has 3 saturated heterocycles. The minimum atomic E-state index is -0.0981. The molecule has 3 fully saturated rings. The molecule has 0 saturated carbocycles. The van der Waals surface area contributed by atoms with Crippen LogP contribution in [0.25, 0.3) is 0 Å². The molecule has 0 aromatic carbocycles. The summed E-state index contributed by atoms with van der Waals surface area (Å²) in [7, 11) is 0. The predicted molar refractivity (Wildman–Crippen MR) is 105 cm³/mol. The molecular formula is C22H33N3O2. The summed E-state index contributed by atoms with van der Waals surface area (Å²) in [6.07, 6.45) is 8.31. The highest BCUT2D eigenvalue weighted by molar-refractivity contribution is 5.84. The van der Waals surface area contributed by atoms with Gasteiger partial charge in [0.05, 0.1) is 11.1 Å². The van der Waals surface area contributed by atoms with Crippen molar-refractivity contribution in [3.63, 3.8) is 0 Å². The lowest BCUT2D eigenvalue weighted by Gasteiger charge is -2.30. The number of aromatic nitrogens is 1. The maximum Gasteiger partial charge on any atom is 0.228 e. The molecule has 5 nitrogen and oxygen atoms in total. The number of carbonyl (C=O) groups excluding carboxylic acids is 1. The van der Waals surface area contributed by atoms with Gasteiger partial charge in [0, 0.05) is 39.0 Å². The van der Waals surface area contributed by atoms with Crippen LogP contribution in [0, 0.1) is 18.3 Å². The van der Waals surface area contributed by atoms with Crippen LogP contribution in [0.4, 0.5) is 0 Å². The third-order valence-corrected chi connectivity index (χ3v) is 6.95. The Hall–Kier alpha value is -1.46. The van der Waals surface area contributed by atoms with Crippen LogP contribution in [0.5, 0.6) is 0 Å². The van der Waals surface area contributed by atoms with Gasteiger partial charge in [0.25, 0.3) is 0 Å². The fraction of sp³-hybridized carbons (Fsp3) is 0.727. The smallest absolute Gasteiger partial charge is 0.228 e. The molecule has 1 spiro atoms. The Kier molecular flexibility index (Phi) is 5.79. The number of aryl methyl sites for hydroxylation is 1. The van der Waals surface area contributed by atoms with Gasteiger partial charge >= 0.3 is 0 Å². The number of amides is 1. The highest BCUT2D eigenvalue weighted by Gasteiger charge is 2.47. The molecule has 148 valence electrons. The van der Waals surface area contributed by atoms with Crippen molar-refractivity contribution in [1.82, 2.24) is 14.8 Å². The molecule has 3 aliphatic heterocycles. The van der Waals surface area contributed by atoms with Crippen LogP contribution in [0.15, 0.2) is 18.3 Å². The van der Waals surface area contributed by atoms with Crippen LogP contribution in [0.3, 0.4) is 0 Å². The van der Waals surface area contributed by atoms with E-state index in [0.29, 0.717) is 11.8 Å². The van der Waals surface area contributed by atoms with Gasteiger partial charge in [-0.05, 0) is 76.1 Å². The van der Waals surface area contributed by atoms with E-state index in [0.717, 1.165) is 84.5 Å². The number of nitrogens with zero attached hydrogens (tertiary/aromatic N) is 3. The topological polar surface area (TPSA) is 45.7 Å². The van der Waals surface area contributed by atoms with Gasteiger partial charge < -0.3 is 9.64 Å². The first kappa shape index (κ1) is 18.9. The predicted octanol–water partition coefficient (Wildman–Crippen LogP) is 3.02. The summed E-state index contributed by atoms with van der Waals surface area (Å²) in [5.74, 6) is 1.07. The lowest BCUT2D eigenvalue weighted by Crippen LogP contribution is -2.39. The second-order valence-corrected chi connectivity index (χ2v) is 8.73. The first-order valence-corrected chi connectivity index (χ1v) is 10.7. The van der Waals surface area contributed by atoms with Crippen molar-refractivity contribution >= 4 is 5.91 Å². The minimum absolute atomic E-state index is 0.0981. The monoisotopic (exact) mass is 371 g/mol. The van der Waals surface area contributed by atoms with Gasteiger partial charge in [0.2, 0.25) is 5.91 Å². The first-order valence-electron chi connectivity index (χ1n) is 10.7. The molecule has 4 heterocycles. The van der Waals surface area contributed by atoms with E-state index in [2.05, 4.69) is 27.8 Å². The van der Waals surface area contributed by atoms with Crippen molar-refractivity contribution in [2.75, 3.05) is 39.4 Å². The maximum absolute atomic E-state index is 13.3. The summed E-state index contributed by atoms with van der Waals surface area (Å²) < 4.78 is 5.47.